The van der Waals surface area contributed by atoms with Crippen molar-refractivity contribution in [1.82, 2.24) is 9.97 Å². The first kappa shape index (κ1) is 20.9. The van der Waals surface area contributed by atoms with Gasteiger partial charge in [0.05, 0.1) is 11.4 Å². The molecule has 0 saturated heterocycles. The fourth-order valence-electron chi connectivity index (χ4n) is 3.04. The Labute approximate surface area is 176 Å². The van der Waals surface area contributed by atoms with E-state index in [1.54, 1.807) is 36.4 Å². The van der Waals surface area contributed by atoms with Crippen molar-refractivity contribution in [2.75, 3.05) is 5.73 Å². The normalized spacial score (nSPS) is 10.5. The van der Waals surface area contributed by atoms with E-state index in [0.29, 0.717) is 28.2 Å². The summed E-state index contributed by atoms with van der Waals surface area (Å²) in [6.45, 7) is 0. The van der Waals surface area contributed by atoms with Crippen LogP contribution in [0, 0.1) is 21.6 Å². The molecule has 0 unspecified atom stereocenters. The molecular formula is C20H23N11. The molecule has 11 heteroatoms. The summed E-state index contributed by atoms with van der Waals surface area (Å²) in [5, 5.41) is 31.0. The Morgan fingerprint density at radius 1 is 0.645 bits per heavy atom. The molecule has 158 valence electrons. The van der Waals surface area contributed by atoms with Crippen LogP contribution in [0.3, 0.4) is 0 Å². The largest absolute Gasteiger partial charge is 0.396 e. The van der Waals surface area contributed by atoms with E-state index in [0.717, 1.165) is 21.8 Å². The number of hydrogen-bond acceptors (Lipinski definition) is 5. The highest BCUT2D eigenvalue weighted by atomic mass is 14.9. The minimum Gasteiger partial charge on any atom is -0.396 e. The van der Waals surface area contributed by atoms with Crippen LogP contribution in [0.15, 0.2) is 42.5 Å². The van der Waals surface area contributed by atoms with Crippen molar-refractivity contribution >= 4 is 50.8 Å². The molecule has 16 N–H and O–H groups in total. The SMILES string of the molecule is N=C(N)c1ccc2c(N)c(C(=N)N)[nH]c2c1.N=C(N)c1ccc2cc(C(=N)N)[nH]c2c1. The van der Waals surface area contributed by atoms with Crippen molar-refractivity contribution in [3.05, 3.63) is 65.0 Å². The van der Waals surface area contributed by atoms with Gasteiger partial charge in [-0.25, -0.2) is 0 Å². The van der Waals surface area contributed by atoms with Crippen molar-refractivity contribution in [1.29, 1.82) is 21.6 Å². The molecule has 2 aromatic carbocycles. The number of anilines is 1. The highest BCUT2D eigenvalue weighted by Gasteiger charge is 2.11. The van der Waals surface area contributed by atoms with Gasteiger partial charge in [0, 0.05) is 32.9 Å². The second kappa shape index (κ2) is 7.91. The molecule has 0 atom stereocenters. The van der Waals surface area contributed by atoms with Crippen molar-refractivity contribution in [3.8, 4) is 0 Å². The molecule has 0 aliphatic heterocycles. The Hall–Kier alpha value is -4.80. The predicted octanol–water partition coefficient (Wildman–Crippen LogP) is 1.05. The molecule has 2 heterocycles. The van der Waals surface area contributed by atoms with E-state index in [1.807, 2.05) is 6.07 Å². The summed E-state index contributed by atoms with van der Waals surface area (Å²) in [6.07, 6.45) is 0. The number of hydrogen-bond donors (Lipinski definition) is 11. The topological polar surface area (TPSA) is 257 Å². The first-order valence-electron chi connectivity index (χ1n) is 9.00. The minimum absolute atomic E-state index is 0.00410. The van der Waals surface area contributed by atoms with Crippen LogP contribution in [0.4, 0.5) is 5.69 Å². The number of aromatic nitrogens is 2. The number of aromatic amines is 2. The Balaban J connectivity index is 0.000000176. The van der Waals surface area contributed by atoms with Gasteiger partial charge in [0.2, 0.25) is 0 Å². The zero-order chi connectivity index (χ0) is 22.9. The molecular weight excluding hydrogens is 394 g/mol. The lowest BCUT2D eigenvalue weighted by Crippen LogP contribution is -2.13. The maximum absolute atomic E-state index is 7.35. The number of amidine groups is 4. The molecule has 31 heavy (non-hydrogen) atoms. The van der Waals surface area contributed by atoms with Crippen LogP contribution in [0.5, 0.6) is 0 Å². The van der Waals surface area contributed by atoms with E-state index in [4.69, 9.17) is 50.3 Å². The Bertz CT molecular complexity index is 1340. The lowest BCUT2D eigenvalue weighted by Gasteiger charge is -1.97. The lowest BCUT2D eigenvalue weighted by molar-refractivity contribution is 1.34. The van der Waals surface area contributed by atoms with Crippen LogP contribution < -0.4 is 28.7 Å². The molecule has 11 nitrogen and oxygen atoms in total. The molecule has 0 aliphatic rings. The van der Waals surface area contributed by atoms with Crippen LogP contribution in [0.25, 0.3) is 21.8 Å². The summed E-state index contributed by atoms with van der Waals surface area (Å²) in [5.74, 6) is -0.107. The summed E-state index contributed by atoms with van der Waals surface area (Å²) < 4.78 is 0. The first-order valence-corrected chi connectivity index (χ1v) is 9.00. The smallest absolute Gasteiger partial charge is 0.141 e. The lowest BCUT2D eigenvalue weighted by atomic mass is 10.1. The van der Waals surface area contributed by atoms with Crippen molar-refractivity contribution < 1.29 is 0 Å². The number of benzene rings is 2. The van der Waals surface area contributed by atoms with Crippen LogP contribution in [-0.4, -0.2) is 33.3 Å². The number of fused-ring (bicyclic) bond motifs is 2. The van der Waals surface area contributed by atoms with Gasteiger partial charge < -0.3 is 38.6 Å². The fourth-order valence-corrected chi connectivity index (χ4v) is 3.04. The highest BCUT2D eigenvalue weighted by Crippen LogP contribution is 2.25. The van der Waals surface area contributed by atoms with Gasteiger partial charge in [0.1, 0.15) is 29.0 Å². The molecule has 0 amide bonds. The predicted molar refractivity (Wildman–Crippen MR) is 125 cm³/mol. The van der Waals surface area contributed by atoms with E-state index in [1.165, 1.54) is 0 Å². The molecule has 0 spiro atoms. The van der Waals surface area contributed by atoms with E-state index in [2.05, 4.69) is 9.97 Å². The summed E-state index contributed by atoms with van der Waals surface area (Å²) in [4.78, 5) is 5.92. The van der Waals surface area contributed by atoms with Crippen molar-refractivity contribution in [3.63, 3.8) is 0 Å². The number of H-pyrrole nitrogens is 2. The highest BCUT2D eigenvalue weighted by molar-refractivity contribution is 6.09. The van der Waals surface area contributed by atoms with Crippen LogP contribution in [-0.2, 0) is 0 Å². The maximum atomic E-state index is 7.35. The molecule has 0 saturated carbocycles. The average Bonchev–Trinajstić information content (AvgIpc) is 3.29. The molecule has 4 aromatic rings. The third-order valence-corrected chi connectivity index (χ3v) is 4.64. The maximum Gasteiger partial charge on any atom is 0.141 e. The molecule has 4 rings (SSSR count). The second-order valence-corrected chi connectivity index (χ2v) is 6.81. The first-order chi connectivity index (χ1) is 14.6. The van der Waals surface area contributed by atoms with Crippen molar-refractivity contribution in [2.45, 2.75) is 0 Å². The zero-order valence-electron chi connectivity index (χ0n) is 16.4. The summed E-state index contributed by atoms with van der Waals surface area (Å²) in [7, 11) is 0. The third kappa shape index (κ3) is 4.15. The number of nitrogen functional groups attached to an aromatic ring is 5. The van der Waals surface area contributed by atoms with Gasteiger partial charge in [-0.05, 0) is 18.2 Å². The third-order valence-electron chi connectivity index (χ3n) is 4.64. The van der Waals surface area contributed by atoms with E-state index >= 15 is 0 Å². The average molecular weight is 417 g/mol. The summed E-state index contributed by atoms with van der Waals surface area (Å²) >= 11 is 0. The van der Waals surface area contributed by atoms with Gasteiger partial charge in [-0.2, -0.15) is 0 Å². The Morgan fingerprint density at radius 3 is 1.77 bits per heavy atom. The summed E-state index contributed by atoms with van der Waals surface area (Å²) in [5.41, 5.74) is 31.5. The standard InChI is InChI=1S/C10H12N6.C10H11N5/c11-7-5-2-1-4(9(12)13)3-6(5)16-8(7)10(14)15;11-9(12)6-2-1-5-3-8(10(13)14)15-7(5)4-6/h1-3,16H,11H2,(H3,12,13)(H3,14,15);1-4,15H,(H3,11,12)(H3,13,14). The quantitative estimate of drug-likeness (QED) is 0.171. The molecule has 2 aromatic heterocycles. The monoisotopic (exact) mass is 417 g/mol. The van der Waals surface area contributed by atoms with E-state index < -0.39 is 0 Å². The van der Waals surface area contributed by atoms with Crippen molar-refractivity contribution in [2.24, 2.45) is 22.9 Å². The van der Waals surface area contributed by atoms with Gasteiger partial charge in [-0.15, -0.1) is 0 Å². The number of rotatable bonds is 4. The van der Waals surface area contributed by atoms with E-state index in [9.17, 15) is 0 Å². The minimum atomic E-state index is -0.113. The van der Waals surface area contributed by atoms with Gasteiger partial charge in [-0.1, -0.05) is 24.3 Å². The van der Waals surface area contributed by atoms with Crippen LogP contribution >= 0.6 is 0 Å². The Kier molecular flexibility index (Phi) is 5.34. The molecule has 0 radical (unpaired) electrons. The fraction of sp³-hybridized carbons (Fsp3) is 0. The molecule has 0 aliphatic carbocycles. The van der Waals surface area contributed by atoms with Gasteiger partial charge >= 0.3 is 0 Å². The second-order valence-electron chi connectivity index (χ2n) is 6.81. The van der Waals surface area contributed by atoms with Crippen LogP contribution in [0.1, 0.15) is 22.5 Å². The number of nitrogens with one attached hydrogen (secondary N) is 6. The van der Waals surface area contributed by atoms with Gasteiger partial charge in [0.25, 0.3) is 0 Å². The number of nitrogens with two attached hydrogens (primary N) is 5. The molecule has 0 bridgehead atoms. The van der Waals surface area contributed by atoms with Gasteiger partial charge in [0.15, 0.2) is 0 Å². The van der Waals surface area contributed by atoms with E-state index in [-0.39, 0.29) is 23.3 Å². The Morgan fingerprint density at radius 2 is 1.23 bits per heavy atom. The van der Waals surface area contributed by atoms with Gasteiger partial charge in [-0.3, -0.25) is 21.6 Å². The van der Waals surface area contributed by atoms with Crippen LogP contribution in [0.2, 0.25) is 0 Å². The summed E-state index contributed by atoms with van der Waals surface area (Å²) in [6, 6.07) is 12.3. The molecule has 0 fully saturated rings. The zero-order valence-corrected chi connectivity index (χ0v) is 16.4.